The monoisotopic (exact) mass is 264 g/mol. The largest absolute Gasteiger partial charge is 0.479 e. The molecule has 0 fully saturated rings. The summed E-state index contributed by atoms with van der Waals surface area (Å²) in [6.45, 7) is 2.11. The van der Waals surface area contributed by atoms with E-state index in [9.17, 15) is 0 Å². The van der Waals surface area contributed by atoms with Crippen molar-refractivity contribution in [3.05, 3.63) is 28.7 Å². The Morgan fingerprint density at radius 2 is 2.22 bits per heavy atom. The van der Waals surface area contributed by atoms with Crippen LogP contribution in [0.4, 0.5) is 11.5 Å². The molecule has 0 aliphatic heterocycles. The van der Waals surface area contributed by atoms with Gasteiger partial charge in [-0.1, -0.05) is 6.07 Å². The van der Waals surface area contributed by atoms with Crippen molar-refractivity contribution in [1.29, 1.82) is 0 Å². The number of aromatic nitrogens is 2. The van der Waals surface area contributed by atoms with Crippen molar-refractivity contribution < 1.29 is 4.74 Å². The van der Waals surface area contributed by atoms with Crippen LogP contribution in [0.2, 0.25) is 0 Å². The summed E-state index contributed by atoms with van der Waals surface area (Å²) in [5.41, 5.74) is 6.46. The summed E-state index contributed by atoms with van der Waals surface area (Å²) in [6.07, 6.45) is 1.46. The van der Waals surface area contributed by atoms with Gasteiger partial charge in [-0.3, -0.25) is 0 Å². The highest BCUT2D eigenvalue weighted by molar-refractivity contribution is 7.10. The second-order valence-electron chi connectivity index (χ2n) is 3.92. The number of nitrogens with zero attached hydrogens (tertiary/aromatic N) is 3. The number of hydrogen-bond donors (Lipinski definition) is 1. The van der Waals surface area contributed by atoms with Crippen molar-refractivity contribution in [2.45, 2.75) is 13.0 Å². The fraction of sp³-hybridized carbons (Fsp3) is 0.333. The zero-order valence-corrected chi connectivity index (χ0v) is 11.4. The molecule has 0 aliphatic rings. The van der Waals surface area contributed by atoms with Gasteiger partial charge in [0.25, 0.3) is 0 Å². The van der Waals surface area contributed by atoms with Crippen LogP contribution < -0.4 is 15.4 Å². The van der Waals surface area contributed by atoms with Crippen LogP contribution >= 0.6 is 11.3 Å². The van der Waals surface area contributed by atoms with Crippen LogP contribution in [0, 0.1) is 0 Å². The van der Waals surface area contributed by atoms with Crippen molar-refractivity contribution in [1.82, 2.24) is 9.97 Å². The average Bonchev–Trinajstić information content (AvgIpc) is 2.91. The summed E-state index contributed by atoms with van der Waals surface area (Å²) < 4.78 is 5.11. The third-order valence-electron chi connectivity index (χ3n) is 2.89. The van der Waals surface area contributed by atoms with Crippen molar-refractivity contribution in [2.75, 3.05) is 24.8 Å². The zero-order chi connectivity index (χ0) is 13.1. The lowest BCUT2D eigenvalue weighted by Crippen LogP contribution is -2.23. The zero-order valence-electron chi connectivity index (χ0n) is 10.6. The lowest BCUT2D eigenvalue weighted by atomic mass is 10.2. The van der Waals surface area contributed by atoms with Crippen molar-refractivity contribution >= 4 is 22.8 Å². The van der Waals surface area contributed by atoms with Gasteiger partial charge >= 0.3 is 0 Å². The molecular weight excluding hydrogens is 248 g/mol. The lowest BCUT2D eigenvalue weighted by molar-refractivity contribution is 0.399. The summed E-state index contributed by atoms with van der Waals surface area (Å²) in [7, 11) is 3.51. The highest BCUT2D eigenvalue weighted by Gasteiger charge is 2.18. The molecule has 0 saturated carbocycles. The molecule has 0 amide bonds. The van der Waals surface area contributed by atoms with Crippen LogP contribution in [0.15, 0.2) is 23.8 Å². The van der Waals surface area contributed by atoms with Crippen LogP contribution in [0.3, 0.4) is 0 Å². The van der Waals surface area contributed by atoms with Gasteiger partial charge in [0.2, 0.25) is 5.88 Å². The molecule has 0 radical (unpaired) electrons. The van der Waals surface area contributed by atoms with Gasteiger partial charge in [-0.25, -0.2) is 4.98 Å². The summed E-state index contributed by atoms with van der Waals surface area (Å²) in [5, 5.41) is 2.06. The average molecular weight is 264 g/mol. The Labute approximate surface area is 110 Å². The Kier molecular flexibility index (Phi) is 3.66. The van der Waals surface area contributed by atoms with Gasteiger partial charge in [0.15, 0.2) is 5.82 Å². The first-order valence-electron chi connectivity index (χ1n) is 5.55. The van der Waals surface area contributed by atoms with Gasteiger partial charge in [-0.15, -0.1) is 11.3 Å². The predicted molar refractivity (Wildman–Crippen MR) is 74.1 cm³/mol. The Morgan fingerprint density at radius 1 is 1.44 bits per heavy atom. The third kappa shape index (κ3) is 2.24. The second kappa shape index (κ2) is 5.22. The quantitative estimate of drug-likeness (QED) is 0.918. The molecule has 1 unspecified atom stereocenters. The molecule has 2 rings (SSSR count). The Hall–Kier alpha value is -1.82. The minimum atomic E-state index is 0.201. The van der Waals surface area contributed by atoms with Crippen molar-refractivity contribution in [2.24, 2.45) is 0 Å². The van der Waals surface area contributed by atoms with Gasteiger partial charge in [0.1, 0.15) is 12.0 Å². The van der Waals surface area contributed by atoms with E-state index in [1.54, 1.807) is 18.4 Å². The molecule has 0 aromatic carbocycles. The molecule has 2 heterocycles. The molecule has 18 heavy (non-hydrogen) atoms. The van der Waals surface area contributed by atoms with Gasteiger partial charge in [-0.05, 0) is 18.4 Å². The fourth-order valence-corrected chi connectivity index (χ4v) is 2.54. The number of thiophene rings is 1. The number of anilines is 2. The van der Waals surface area contributed by atoms with E-state index in [1.165, 1.54) is 11.2 Å². The van der Waals surface area contributed by atoms with Gasteiger partial charge in [0.05, 0.1) is 13.2 Å². The maximum atomic E-state index is 6.00. The molecule has 5 nitrogen and oxygen atoms in total. The SMILES string of the molecule is COc1ncnc(N(C)C(C)c2cccs2)c1N. The van der Waals surface area contributed by atoms with Gasteiger partial charge < -0.3 is 15.4 Å². The summed E-state index contributed by atoms with van der Waals surface area (Å²) in [4.78, 5) is 11.5. The molecule has 1 atom stereocenters. The number of nitrogen functional groups attached to an aromatic ring is 1. The van der Waals surface area contributed by atoms with Crippen LogP contribution in [0.25, 0.3) is 0 Å². The Balaban J connectivity index is 2.31. The van der Waals surface area contributed by atoms with Crippen molar-refractivity contribution in [3.63, 3.8) is 0 Å². The summed E-state index contributed by atoms with van der Waals surface area (Å²) in [5.74, 6) is 1.09. The van der Waals surface area contributed by atoms with E-state index in [1.807, 2.05) is 18.0 Å². The van der Waals surface area contributed by atoms with E-state index in [0.717, 1.165) is 0 Å². The molecule has 0 aliphatic carbocycles. The number of nitrogens with two attached hydrogens (primary N) is 1. The molecule has 2 aromatic rings. The smallest absolute Gasteiger partial charge is 0.242 e. The van der Waals surface area contributed by atoms with Gasteiger partial charge in [0, 0.05) is 11.9 Å². The molecule has 2 N–H and O–H groups in total. The highest BCUT2D eigenvalue weighted by atomic mass is 32.1. The Bertz CT molecular complexity index is 515. The topological polar surface area (TPSA) is 64.3 Å². The van der Waals surface area contributed by atoms with Crippen LogP contribution in [-0.2, 0) is 0 Å². The third-order valence-corrected chi connectivity index (χ3v) is 3.93. The van der Waals surface area contributed by atoms with Crippen LogP contribution in [0.5, 0.6) is 5.88 Å². The fourth-order valence-electron chi connectivity index (χ4n) is 1.72. The second-order valence-corrected chi connectivity index (χ2v) is 4.90. The van der Waals surface area contributed by atoms with E-state index < -0.39 is 0 Å². The molecule has 6 heteroatoms. The molecule has 96 valence electrons. The number of hydrogen-bond acceptors (Lipinski definition) is 6. The first-order valence-corrected chi connectivity index (χ1v) is 6.43. The summed E-state index contributed by atoms with van der Waals surface area (Å²) >= 11 is 1.71. The minimum absolute atomic E-state index is 0.201. The van der Waals surface area contributed by atoms with Gasteiger partial charge in [-0.2, -0.15) is 4.98 Å². The minimum Gasteiger partial charge on any atom is -0.479 e. The first kappa shape index (κ1) is 12.6. The van der Waals surface area contributed by atoms with E-state index in [-0.39, 0.29) is 6.04 Å². The number of methoxy groups -OCH3 is 1. The molecule has 0 bridgehead atoms. The van der Waals surface area contributed by atoms with E-state index in [2.05, 4.69) is 28.3 Å². The highest BCUT2D eigenvalue weighted by Crippen LogP contribution is 2.33. The van der Waals surface area contributed by atoms with Crippen molar-refractivity contribution in [3.8, 4) is 5.88 Å². The summed E-state index contributed by atoms with van der Waals surface area (Å²) in [6, 6.07) is 4.33. The normalized spacial score (nSPS) is 12.2. The maximum Gasteiger partial charge on any atom is 0.242 e. The molecule has 0 spiro atoms. The van der Waals surface area contributed by atoms with E-state index in [4.69, 9.17) is 10.5 Å². The van der Waals surface area contributed by atoms with E-state index in [0.29, 0.717) is 17.4 Å². The molecular formula is C12H16N4OS. The first-order chi connectivity index (χ1) is 8.65. The molecule has 0 saturated heterocycles. The lowest BCUT2D eigenvalue weighted by Gasteiger charge is -2.26. The maximum absolute atomic E-state index is 6.00. The van der Waals surface area contributed by atoms with Crippen LogP contribution in [0.1, 0.15) is 17.8 Å². The Morgan fingerprint density at radius 3 is 2.83 bits per heavy atom. The predicted octanol–water partition coefficient (Wildman–Crippen LogP) is 2.33. The number of ether oxygens (including phenoxy) is 1. The number of rotatable bonds is 4. The van der Waals surface area contributed by atoms with E-state index >= 15 is 0 Å². The standard InChI is InChI=1S/C12H16N4OS/c1-8(9-5-4-6-18-9)16(2)11-10(13)12(17-3)15-7-14-11/h4-8H,13H2,1-3H3. The van der Waals surface area contributed by atoms with Crippen LogP contribution in [-0.4, -0.2) is 24.1 Å². The molecule has 2 aromatic heterocycles.